The fraction of sp³-hybridized carbons (Fsp3) is 0.188. The quantitative estimate of drug-likeness (QED) is 0.662. The Morgan fingerprint density at radius 1 is 1.36 bits per heavy atom. The lowest BCUT2D eigenvalue weighted by Gasteiger charge is -2.10. The number of hydrogen-bond acceptors (Lipinski definition) is 7. The van der Waals surface area contributed by atoms with Gasteiger partial charge in [0.05, 0.1) is 10.6 Å². The highest BCUT2D eigenvalue weighted by atomic mass is 35.5. The fourth-order valence-corrected chi connectivity index (χ4v) is 3.53. The summed E-state index contributed by atoms with van der Waals surface area (Å²) >= 11 is 7.09. The molecule has 128 valence electrons. The average molecular weight is 376 g/mol. The van der Waals surface area contributed by atoms with E-state index in [1.54, 1.807) is 30.3 Å². The lowest BCUT2D eigenvalue weighted by atomic mass is 10.0. The number of amides is 1. The summed E-state index contributed by atoms with van der Waals surface area (Å²) in [6, 6.07) is 7.54. The van der Waals surface area contributed by atoms with Crippen LogP contribution in [0.5, 0.6) is 0 Å². The Kier molecular flexibility index (Phi) is 4.91. The second-order valence-corrected chi connectivity index (χ2v) is 6.68. The largest absolute Gasteiger partial charge is 0.368 e. The molecule has 2 heterocycles. The molecule has 2 aromatic heterocycles. The highest BCUT2D eigenvalue weighted by Gasteiger charge is 2.23. The first kappa shape index (κ1) is 17.2. The Morgan fingerprint density at radius 2 is 2.08 bits per heavy atom. The van der Waals surface area contributed by atoms with Crippen LogP contribution >= 0.6 is 22.9 Å². The molecule has 3 aromatic rings. The zero-order valence-corrected chi connectivity index (χ0v) is 14.8. The highest BCUT2D eigenvalue weighted by Crippen LogP contribution is 2.34. The number of nitrogens with one attached hydrogen (secondary N) is 1. The molecule has 7 nitrogen and oxygen atoms in total. The van der Waals surface area contributed by atoms with E-state index in [-0.39, 0.29) is 11.9 Å². The first-order valence-electron chi connectivity index (χ1n) is 7.46. The maximum atomic E-state index is 12.1. The number of aromatic nitrogens is 2. The number of thiophene rings is 1. The molecule has 0 aliphatic rings. The van der Waals surface area contributed by atoms with Crippen LogP contribution in [0.15, 0.2) is 35.5 Å². The van der Waals surface area contributed by atoms with Gasteiger partial charge in [0.25, 0.3) is 5.91 Å². The molecule has 0 saturated carbocycles. The molecule has 1 amide bonds. The normalized spacial score (nSPS) is 12.1. The molecule has 3 N–H and O–H groups in total. The van der Waals surface area contributed by atoms with E-state index in [0.29, 0.717) is 37.9 Å². The van der Waals surface area contributed by atoms with Crippen LogP contribution in [0.1, 0.15) is 33.9 Å². The Morgan fingerprint density at radius 3 is 2.72 bits per heavy atom. The van der Waals surface area contributed by atoms with Crippen molar-refractivity contribution in [1.29, 1.82) is 0 Å². The van der Waals surface area contributed by atoms with E-state index in [9.17, 15) is 9.70 Å². The average Bonchev–Trinajstić information content (AvgIpc) is 3.01. The van der Waals surface area contributed by atoms with Crippen LogP contribution < -0.4 is 11.1 Å². The lowest BCUT2D eigenvalue weighted by molar-refractivity contribution is 0.0960. The van der Waals surface area contributed by atoms with Crippen LogP contribution in [-0.2, 0) is 0 Å². The smallest absolute Gasteiger partial charge is 0.261 e. The maximum absolute atomic E-state index is 12.1. The van der Waals surface area contributed by atoms with Crippen molar-refractivity contribution in [2.45, 2.75) is 13.0 Å². The van der Waals surface area contributed by atoms with Gasteiger partial charge in [0.2, 0.25) is 5.95 Å². The van der Waals surface area contributed by atoms with Gasteiger partial charge >= 0.3 is 0 Å². The third kappa shape index (κ3) is 3.45. The highest BCUT2D eigenvalue weighted by molar-refractivity contribution is 7.20. The van der Waals surface area contributed by atoms with Crippen LogP contribution in [0.4, 0.5) is 5.95 Å². The van der Waals surface area contributed by atoms with E-state index in [4.69, 9.17) is 17.3 Å². The molecular formula is C16H14ClN5O2S. The molecule has 0 radical (unpaired) electrons. The number of benzene rings is 1. The zero-order chi connectivity index (χ0) is 18.0. The molecule has 1 unspecified atom stereocenters. The molecule has 1 atom stereocenters. The maximum Gasteiger partial charge on any atom is 0.261 e. The minimum atomic E-state index is -0.873. The number of fused-ring (bicyclic) bond motifs is 1. The zero-order valence-electron chi connectivity index (χ0n) is 13.2. The van der Waals surface area contributed by atoms with Gasteiger partial charge in [0.15, 0.2) is 6.04 Å². The summed E-state index contributed by atoms with van der Waals surface area (Å²) in [5.41, 5.74) is 6.78. The molecule has 25 heavy (non-hydrogen) atoms. The van der Waals surface area contributed by atoms with Gasteiger partial charge in [-0.1, -0.05) is 28.9 Å². The van der Waals surface area contributed by atoms with E-state index in [1.807, 2.05) is 6.92 Å². The van der Waals surface area contributed by atoms with Crippen LogP contribution in [0, 0.1) is 4.91 Å². The Bertz CT molecular complexity index is 942. The molecule has 0 aliphatic heterocycles. The number of hydrogen-bond donors (Lipinski definition) is 2. The lowest BCUT2D eigenvalue weighted by Crippen LogP contribution is -2.21. The van der Waals surface area contributed by atoms with Gasteiger partial charge in [-0.05, 0) is 30.7 Å². The van der Waals surface area contributed by atoms with Gasteiger partial charge in [0.1, 0.15) is 4.83 Å². The van der Waals surface area contributed by atoms with Crippen molar-refractivity contribution >= 4 is 45.0 Å². The monoisotopic (exact) mass is 375 g/mol. The Hall–Kier alpha value is -2.58. The number of carbonyl (C=O) groups is 1. The minimum Gasteiger partial charge on any atom is -0.368 e. The molecule has 0 spiro atoms. The third-order valence-electron chi connectivity index (χ3n) is 3.55. The number of rotatable bonds is 5. The van der Waals surface area contributed by atoms with Crippen LogP contribution in [0.2, 0.25) is 5.02 Å². The van der Waals surface area contributed by atoms with Crippen molar-refractivity contribution in [2.75, 3.05) is 12.3 Å². The Labute approximate surface area is 152 Å². The second kappa shape index (κ2) is 7.12. The molecule has 0 bridgehead atoms. The van der Waals surface area contributed by atoms with E-state index in [0.717, 1.165) is 0 Å². The fourth-order valence-electron chi connectivity index (χ4n) is 2.44. The van der Waals surface area contributed by atoms with Gasteiger partial charge in [0, 0.05) is 17.0 Å². The molecule has 0 fully saturated rings. The molecule has 0 aliphatic carbocycles. The van der Waals surface area contributed by atoms with Crippen LogP contribution in [0.25, 0.3) is 10.2 Å². The third-order valence-corrected chi connectivity index (χ3v) is 4.83. The number of nitrogens with two attached hydrogens (primary N) is 1. The van der Waals surface area contributed by atoms with Gasteiger partial charge in [-0.3, -0.25) is 4.79 Å². The van der Waals surface area contributed by atoms with Crippen molar-refractivity contribution in [3.05, 3.63) is 56.4 Å². The number of carbonyl (C=O) groups excluding carboxylic acids is 1. The number of halogens is 1. The summed E-state index contributed by atoms with van der Waals surface area (Å²) in [6.45, 7) is 2.35. The molecule has 3 rings (SSSR count). The van der Waals surface area contributed by atoms with Gasteiger partial charge in [-0.15, -0.1) is 16.2 Å². The predicted octanol–water partition coefficient (Wildman–Crippen LogP) is 3.53. The van der Waals surface area contributed by atoms with E-state index in [1.165, 1.54) is 11.3 Å². The number of nitrogen functional groups attached to an aromatic ring is 1. The number of nitrogens with zero attached hydrogens (tertiary/aromatic N) is 3. The van der Waals surface area contributed by atoms with E-state index < -0.39 is 6.04 Å². The van der Waals surface area contributed by atoms with Crippen molar-refractivity contribution in [1.82, 2.24) is 15.3 Å². The van der Waals surface area contributed by atoms with Gasteiger partial charge < -0.3 is 11.1 Å². The summed E-state index contributed by atoms with van der Waals surface area (Å²) in [5, 5.41) is 7.07. The number of nitroso groups, excluding NO2 is 1. The molecule has 0 saturated heterocycles. The topological polar surface area (TPSA) is 110 Å². The second-order valence-electron chi connectivity index (χ2n) is 5.22. The SMILES string of the molecule is CCNC(=O)c1cc2c(C(N=O)c3ccc(Cl)cc3)nc(N)nc2s1. The first-order valence-corrected chi connectivity index (χ1v) is 8.66. The number of anilines is 1. The Balaban J connectivity index is 2.14. The summed E-state index contributed by atoms with van der Waals surface area (Å²) in [6.07, 6.45) is 0. The summed E-state index contributed by atoms with van der Waals surface area (Å²) in [7, 11) is 0. The molecule has 9 heteroatoms. The van der Waals surface area contributed by atoms with Crippen molar-refractivity contribution in [3.63, 3.8) is 0 Å². The van der Waals surface area contributed by atoms with Crippen molar-refractivity contribution < 1.29 is 4.79 Å². The van der Waals surface area contributed by atoms with Crippen LogP contribution in [0.3, 0.4) is 0 Å². The molecular weight excluding hydrogens is 362 g/mol. The minimum absolute atomic E-state index is 0.0226. The predicted molar refractivity (Wildman–Crippen MR) is 98.9 cm³/mol. The summed E-state index contributed by atoms with van der Waals surface area (Å²) < 4.78 is 0. The standard InChI is InChI=1S/C16H14ClN5O2S/c1-2-19-14(23)11-7-10-13(20-16(18)21-15(10)25-11)12(22-24)8-3-5-9(17)6-4-8/h3-7,12H,2H2,1H3,(H,19,23)(H2,18,20,21). The van der Waals surface area contributed by atoms with E-state index >= 15 is 0 Å². The molecule has 1 aromatic carbocycles. The van der Waals surface area contributed by atoms with Crippen molar-refractivity contribution in [3.8, 4) is 0 Å². The van der Waals surface area contributed by atoms with Crippen molar-refractivity contribution in [2.24, 2.45) is 5.18 Å². The summed E-state index contributed by atoms with van der Waals surface area (Å²) in [5.74, 6) is -0.188. The van der Waals surface area contributed by atoms with Gasteiger partial charge in [-0.2, -0.15) is 0 Å². The van der Waals surface area contributed by atoms with Gasteiger partial charge in [-0.25, -0.2) is 9.97 Å². The van der Waals surface area contributed by atoms with Crippen LogP contribution in [-0.4, -0.2) is 22.4 Å². The first-order chi connectivity index (χ1) is 12.0. The summed E-state index contributed by atoms with van der Waals surface area (Å²) in [4.78, 5) is 33.0. The van der Waals surface area contributed by atoms with E-state index in [2.05, 4.69) is 20.5 Å².